The van der Waals surface area contributed by atoms with Crippen LogP contribution >= 0.6 is 0 Å². The second kappa shape index (κ2) is 6.96. The quantitative estimate of drug-likeness (QED) is 0.900. The van der Waals surface area contributed by atoms with Crippen molar-refractivity contribution in [2.45, 2.75) is 25.3 Å². The number of aromatic hydroxyl groups is 1. The van der Waals surface area contributed by atoms with E-state index >= 15 is 0 Å². The average molecular weight is 330 g/mol. The van der Waals surface area contributed by atoms with Gasteiger partial charge in [-0.15, -0.1) is 5.10 Å². The molecule has 128 valence electrons. The Kier molecular flexibility index (Phi) is 4.75. The molecule has 1 aromatic carbocycles. The number of nitrogens with zero attached hydrogens (tertiary/aromatic N) is 6. The van der Waals surface area contributed by atoms with E-state index in [-0.39, 0.29) is 11.7 Å². The number of hydrogen-bond acceptors (Lipinski definition) is 6. The number of likely N-dealkylation sites (tertiary alicyclic amines) is 1. The first-order valence-electron chi connectivity index (χ1n) is 8.08. The van der Waals surface area contributed by atoms with Crippen LogP contribution in [0.25, 0.3) is 5.69 Å². The first-order valence-corrected chi connectivity index (χ1v) is 8.08. The number of carbonyl (C=O) groups excluding carboxylic acids is 1. The SMILES string of the molecule is CN(C)[C@@H]1CCCN(C(=O)c2ccc(-n3cnnn3)cc2O)CC1. The molecule has 0 radical (unpaired) electrons. The molecule has 0 aliphatic carbocycles. The number of amides is 1. The summed E-state index contributed by atoms with van der Waals surface area (Å²) in [4.78, 5) is 16.8. The summed E-state index contributed by atoms with van der Waals surface area (Å²) in [6.07, 6.45) is 4.44. The van der Waals surface area contributed by atoms with Gasteiger partial charge in [0.25, 0.3) is 5.91 Å². The maximum Gasteiger partial charge on any atom is 0.257 e. The van der Waals surface area contributed by atoms with Crippen LogP contribution in [0.3, 0.4) is 0 Å². The molecule has 24 heavy (non-hydrogen) atoms. The van der Waals surface area contributed by atoms with Gasteiger partial charge in [-0.2, -0.15) is 0 Å². The molecule has 2 heterocycles. The summed E-state index contributed by atoms with van der Waals surface area (Å²) in [5.41, 5.74) is 0.924. The molecule has 1 aromatic heterocycles. The number of carbonyl (C=O) groups is 1. The Morgan fingerprint density at radius 3 is 2.79 bits per heavy atom. The van der Waals surface area contributed by atoms with Gasteiger partial charge in [-0.05, 0) is 55.9 Å². The van der Waals surface area contributed by atoms with Crippen molar-refractivity contribution in [3.05, 3.63) is 30.1 Å². The molecule has 0 bridgehead atoms. The van der Waals surface area contributed by atoms with Crippen LogP contribution in [0.5, 0.6) is 5.75 Å². The van der Waals surface area contributed by atoms with Gasteiger partial charge in [0.2, 0.25) is 0 Å². The summed E-state index contributed by atoms with van der Waals surface area (Å²) in [5, 5.41) is 21.2. The minimum Gasteiger partial charge on any atom is -0.507 e. The molecule has 1 amide bonds. The minimum absolute atomic E-state index is 0.0543. The molecule has 2 aromatic rings. The molecule has 1 fully saturated rings. The number of tetrazole rings is 1. The molecular formula is C16H22N6O2. The molecule has 8 nitrogen and oxygen atoms in total. The lowest BCUT2D eigenvalue weighted by Crippen LogP contribution is -2.33. The third-order valence-electron chi connectivity index (χ3n) is 4.54. The molecule has 1 atom stereocenters. The predicted octanol–water partition coefficient (Wildman–Crippen LogP) is 0.924. The van der Waals surface area contributed by atoms with Crippen molar-refractivity contribution < 1.29 is 9.90 Å². The van der Waals surface area contributed by atoms with Gasteiger partial charge in [0, 0.05) is 25.2 Å². The monoisotopic (exact) mass is 330 g/mol. The summed E-state index contributed by atoms with van der Waals surface area (Å²) in [6.45, 7) is 1.42. The van der Waals surface area contributed by atoms with Crippen molar-refractivity contribution in [3.63, 3.8) is 0 Å². The minimum atomic E-state index is -0.129. The summed E-state index contributed by atoms with van der Waals surface area (Å²) in [6, 6.07) is 5.36. The van der Waals surface area contributed by atoms with E-state index in [9.17, 15) is 9.90 Å². The van der Waals surface area contributed by atoms with Gasteiger partial charge in [-0.3, -0.25) is 4.79 Å². The first kappa shape index (κ1) is 16.4. The van der Waals surface area contributed by atoms with E-state index in [4.69, 9.17) is 0 Å². The molecule has 1 saturated heterocycles. The zero-order valence-electron chi connectivity index (χ0n) is 14.0. The second-order valence-corrected chi connectivity index (χ2v) is 6.30. The van der Waals surface area contributed by atoms with Crippen molar-refractivity contribution >= 4 is 5.91 Å². The Morgan fingerprint density at radius 2 is 2.12 bits per heavy atom. The summed E-state index contributed by atoms with van der Waals surface area (Å²) in [5.74, 6) is -0.184. The number of aromatic nitrogens is 4. The number of phenols is 1. The standard InChI is InChI=1S/C16H22N6O2/c1-20(2)12-4-3-8-21(9-7-12)16(24)14-6-5-13(10-15(14)23)22-11-17-18-19-22/h5-6,10-12,23H,3-4,7-9H2,1-2H3/t12-/m1/s1. The molecular weight excluding hydrogens is 308 g/mol. The van der Waals surface area contributed by atoms with Crippen molar-refractivity contribution in [2.75, 3.05) is 27.2 Å². The van der Waals surface area contributed by atoms with Crippen LogP contribution < -0.4 is 0 Å². The smallest absolute Gasteiger partial charge is 0.257 e. The van der Waals surface area contributed by atoms with Gasteiger partial charge < -0.3 is 14.9 Å². The highest BCUT2D eigenvalue weighted by Crippen LogP contribution is 2.24. The maximum absolute atomic E-state index is 12.8. The van der Waals surface area contributed by atoms with Gasteiger partial charge in [-0.1, -0.05) is 0 Å². The second-order valence-electron chi connectivity index (χ2n) is 6.30. The molecule has 3 rings (SSSR count). The molecule has 0 spiro atoms. The number of benzene rings is 1. The van der Waals surface area contributed by atoms with E-state index in [1.807, 2.05) is 4.90 Å². The van der Waals surface area contributed by atoms with Crippen LogP contribution in [-0.2, 0) is 0 Å². The lowest BCUT2D eigenvalue weighted by molar-refractivity contribution is 0.0755. The highest BCUT2D eigenvalue weighted by molar-refractivity contribution is 5.97. The van der Waals surface area contributed by atoms with Gasteiger partial charge in [0.1, 0.15) is 12.1 Å². The van der Waals surface area contributed by atoms with Crippen LogP contribution in [0.15, 0.2) is 24.5 Å². The van der Waals surface area contributed by atoms with E-state index in [1.54, 1.807) is 12.1 Å². The lowest BCUT2D eigenvalue weighted by Gasteiger charge is -2.23. The Hall–Kier alpha value is -2.48. The zero-order valence-corrected chi connectivity index (χ0v) is 14.0. The van der Waals surface area contributed by atoms with Crippen LogP contribution in [0.1, 0.15) is 29.6 Å². The third kappa shape index (κ3) is 3.38. The van der Waals surface area contributed by atoms with Crippen LogP contribution in [0, 0.1) is 0 Å². The fourth-order valence-corrected chi connectivity index (χ4v) is 3.09. The highest BCUT2D eigenvalue weighted by Gasteiger charge is 2.24. The van der Waals surface area contributed by atoms with E-state index in [0.717, 1.165) is 25.8 Å². The topological polar surface area (TPSA) is 87.4 Å². The lowest BCUT2D eigenvalue weighted by atomic mass is 10.1. The van der Waals surface area contributed by atoms with Gasteiger partial charge in [-0.25, -0.2) is 4.68 Å². The van der Waals surface area contributed by atoms with Crippen molar-refractivity contribution in [1.82, 2.24) is 30.0 Å². The fraction of sp³-hybridized carbons (Fsp3) is 0.500. The Balaban J connectivity index is 1.75. The van der Waals surface area contributed by atoms with Gasteiger partial charge >= 0.3 is 0 Å². The molecule has 8 heteroatoms. The average Bonchev–Trinajstić information content (AvgIpc) is 2.98. The number of rotatable bonds is 3. The Bertz CT molecular complexity index is 701. The first-order chi connectivity index (χ1) is 11.6. The van der Waals surface area contributed by atoms with Crippen LogP contribution in [0.4, 0.5) is 0 Å². The van der Waals surface area contributed by atoms with Gasteiger partial charge in [0.15, 0.2) is 0 Å². The molecule has 1 N–H and O–H groups in total. The van der Waals surface area contributed by atoms with E-state index in [1.165, 1.54) is 17.1 Å². The highest BCUT2D eigenvalue weighted by atomic mass is 16.3. The van der Waals surface area contributed by atoms with Gasteiger partial charge in [0.05, 0.1) is 11.3 Å². The van der Waals surface area contributed by atoms with Crippen molar-refractivity contribution in [3.8, 4) is 11.4 Å². The Labute approximate surface area is 140 Å². The molecule has 1 aliphatic rings. The predicted molar refractivity (Wildman–Crippen MR) is 88.0 cm³/mol. The molecule has 1 aliphatic heterocycles. The largest absolute Gasteiger partial charge is 0.507 e. The zero-order chi connectivity index (χ0) is 17.1. The summed E-state index contributed by atoms with van der Waals surface area (Å²) < 4.78 is 1.43. The maximum atomic E-state index is 12.8. The summed E-state index contributed by atoms with van der Waals surface area (Å²) >= 11 is 0. The Morgan fingerprint density at radius 1 is 1.29 bits per heavy atom. The fourth-order valence-electron chi connectivity index (χ4n) is 3.09. The number of hydrogen-bond donors (Lipinski definition) is 1. The van der Waals surface area contributed by atoms with E-state index in [2.05, 4.69) is 34.5 Å². The normalized spacial score (nSPS) is 18.6. The molecule has 0 saturated carbocycles. The van der Waals surface area contributed by atoms with E-state index in [0.29, 0.717) is 23.8 Å². The van der Waals surface area contributed by atoms with Crippen LogP contribution in [-0.4, -0.2) is 74.2 Å². The summed E-state index contributed by atoms with van der Waals surface area (Å²) in [7, 11) is 4.15. The third-order valence-corrected chi connectivity index (χ3v) is 4.54. The molecule has 0 unspecified atom stereocenters. The number of phenolic OH excluding ortho intramolecular Hbond substituents is 1. The van der Waals surface area contributed by atoms with Crippen molar-refractivity contribution in [1.29, 1.82) is 0 Å². The van der Waals surface area contributed by atoms with E-state index < -0.39 is 0 Å². The van der Waals surface area contributed by atoms with Crippen molar-refractivity contribution in [2.24, 2.45) is 0 Å². The van der Waals surface area contributed by atoms with Crippen LogP contribution in [0.2, 0.25) is 0 Å².